The smallest absolute Gasteiger partial charge is 0.234 e. The summed E-state index contributed by atoms with van der Waals surface area (Å²) in [5.41, 5.74) is 1.01. The van der Waals surface area contributed by atoms with Gasteiger partial charge in [-0.1, -0.05) is 19.9 Å². The molecular weight excluding hydrogens is 346 g/mol. The van der Waals surface area contributed by atoms with Crippen molar-refractivity contribution in [3.05, 3.63) is 40.0 Å². The van der Waals surface area contributed by atoms with E-state index in [1.165, 1.54) is 4.88 Å². The van der Waals surface area contributed by atoms with Crippen molar-refractivity contribution in [3.63, 3.8) is 0 Å². The molecule has 0 saturated carbocycles. The summed E-state index contributed by atoms with van der Waals surface area (Å²) < 4.78 is 0. The molecule has 1 aliphatic heterocycles. The Morgan fingerprint density at radius 2 is 2.04 bits per heavy atom. The average Bonchev–Trinajstić information content (AvgIpc) is 3.13. The fourth-order valence-corrected chi connectivity index (χ4v) is 3.63. The van der Waals surface area contributed by atoms with E-state index in [0.29, 0.717) is 19.0 Å². The number of carbonyl (C=O) groups is 1. The Hall–Kier alpha value is -1.99. The monoisotopic (exact) mass is 373 g/mol. The minimum absolute atomic E-state index is 0.0897. The van der Waals surface area contributed by atoms with E-state index in [-0.39, 0.29) is 5.91 Å². The van der Waals surface area contributed by atoms with Gasteiger partial charge in [-0.05, 0) is 18.4 Å². The second-order valence-electron chi connectivity index (χ2n) is 7.00. The number of anilines is 1. The van der Waals surface area contributed by atoms with Crippen molar-refractivity contribution in [2.45, 2.75) is 33.2 Å². The van der Waals surface area contributed by atoms with Gasteiger partial charge in [0, 0.05) is 48.7 Å². The molecule has 0 radical (unpaired) electrons. The Morgan fingerprint density at radius 1 is 1.27 bits per heavy atom. The Kier molecular flexibility index (Phi) is 6.21. The second-order valence-corrected chi connectivity index (χ2v) is 8.03. The quantitative estimate of drug-likeness (QED) is 0.843. The van der Waals surface area contributed by atoms with E-state index in [4.69, 9.17) is 4.98 Å². The maximum atomic E-state index is 12.1. The number of amides is 1. The Bertz CT molecular complexity index is 724. The zero-order valence-corrected chi connectivity index (χ0v) is 16.6. The van der Waals surface area contributed by atoms with Gasteiger partial charge in [-0.2, -0.15) is 0 Å². The summed E-state index contributed by atoms with van der Waals surface area (Å²) in [7, 11) is 0. The molecule has 1 fully saturated rings. The highest BCUT2D eigenvalue weighted by atomic mass is 32.1. The average molecular weight is 374 g/mol. The Labute approximate surface area is 159 Å². The van der Waals surface area contributed by atoms with Crippen LogP contribution < -0.4 is 10.2 Å². The van der Waals surface area contributed by atoms with Gasteiger partial charge in [-0.15, -0.1) is 11.3 Å². The first kappa shape index (κ1) is 18.8. The molecule has 0 bridgehead atoms. The highest BCUT2D eigenvalue weighted by molar-refractivity contribution is 7.09. The lowest BCUT2D eigenvalue weighted by Crippen LogP contribution is -2.49. The molecule has 0 unspecified atom stereocenters. The van der Waals surface area contributed by atoms with Gasteiger partial charge < -0.3 is 10.2 Å². The van der Waals surface area contributed by atoms with Crippen LogP contribution in [0.15, 0.2) is 23.6 Å². The van der Waals surface area contributed by atoms with Crippen LogP contribution in [-0.4, -0.2) is 53.5 Å². The maximum absolute atomic E-state index is 12.1. The molecule has 1 amide bonds. The normalized spacial score (nSPS) is 15.5. The van der Waals surface area contributed by atoms with Crippen molar-refractivity contribution >= 4 is 23.1 Å². The van der Waals surface area contributed by atoms with Crippen LogP contribution in [0.4, 0.5) is 5.82 Å². The number of carbonyl (C=O) groups excluding carboxylic acids is 1. The van der Waals surface area contributed by atoms with E-state index >= 15 is 0 Å². The van der Waals surface area contributed by atoms with Crippen molar-refractivity contribution in [2.75, 3.05) is 37.6 Å². The van der Waals surface area contributed by atoms with E-state index in [0.717, 1.165) is 43.5 Å². The number of rotatable bonds is 6. The lowest BCUT2D eigenvalue weighted by molar-refractivity contribution is -0.122. The number of thiophene rings is 1. The van der Waals surface area contributed by atoms with Gasteiger partial charge in [0.05, 0.1) is 13.1 Å². The second kappa shape index (κ2) is 8.60. The molecule has 7 heteroatoms. The van der Waals surface area contributed by atoms with E-state index in [9.17, 15) is 4.79 Å². The molecule has 0 atom stereocenters. The lowest BCUT2D eigenvalue weighted by Gasteiger charge is -2.35. The molecule has 2 aromatic heterocycles. The predicted molar refractivity (Wildman–Crippen MR) is 106 cm³/mol. The number of aryl methyl sites for hydroxylation is 1. The van der Waals surface area contributed by atoms with Gasteiger partial charge in [-0.3, -0.25) is 9.69 Å². The van der Waals surface area contributed by atoms with Gasteiger partial charge in [0.2, 0.25) is 5.91 Å². The highest BCUT2D eigenvalue weighted by Gasteiger charge is 2.21. The van der Waals surface area contributed by atoms with Gasteiger partial charge in [0.1, 0.15) is 11.6 Å². The van der Waals surface area contributed by atoms with Gasteiger partial charge in [0.15, 0.2) is 0 Å². The first-order valence-corrected chi connectivity index (χ1v) is 10.0. The summed E-state index contributed by atoms with van der Waals surface area (Å²) in [4.78, 5) is 27.1. The first-order chi connectivity index (χ1) is 12.5. The molecular formula is C19H27N5OS. The van der Waals surface area contributed by atoms with Gasteiger partial charge in [0.25, 0.3) is 0 Å². The van der Waals surface area contributed by atoms with Gasteiger partial charge in [-0.25, -0.2) is 9.97 Å². The molecule has 0 aromatic carbocycles. The molecule has 1 aliphatic rings. The van der Waals surface area contributed by atoms with Crippen LogP contribution in [0, 0.1) is 6.92 Å². The van der Waals surface area contributed by atoms with Crippen LogP contribution in [0.3, 0.4) is 0 Å². The summed E-state index contributed by atoms with van der Waals surface area (Å²) in [6.45, 7) is 10.8. The van der Waals surface area contributed by atoms with Crippen LogP contribution in [-0.2, 0) is 11.3 Å². The number of nitrogens with zero attached hydrogens (tertiary/aromatic N) is 4. The van der Waals surface area contributed by atoms with E-state index < -0.39 is 0 Å². The summed E-state index contributed by atoms with van der Waals surface area (Å²) in [6, 6.07) is 6.10. The summed E-state index contributed by atoms with van der Waals surface area (Å²) in [6.07, 6.45) is 0. The molecule has 1 saturated heterocycles. The topological polar surface area (TPSA) is 61.4 Å². The van der Waals surface area contributed by atoms with E-state index in [2.05, 4.69) is 40.0 Å². The highest BCUT2D eigenvalue weighted by Crippen LogP contribution is 2.18. The fraction of sp³-hybridized carbons (Fsp3) is 0.526. The number of aromatic nitrogens is 2. The van der Waals surface area contributed by atoms with E-state index in [1.54, 1.807) is 11.3 Å². The SMILES string of the molecule is Cc1cc(N2CCN(CC(=O)NCc3cccs3)CC2)nc(C(C)C)n1. The molecule has 140 valence electrons. The zero-order chi connectivity index (χ0) is 18.5. The molecule has 3 heterocycles. The number of piperazine rings is 1. The first-order valence-electron chi connectivity index (χ1n) is 9.13. The summed E-state index contributed by atoms with van der Waals surface area (Å²) in [5.74, 6) is 2.31. The molecule has 6 nitrogen and oxygen atoms in total. The molecule has 0 aliphatic carbocycles. The van der Waals surface area contributed by atoms with Crippen LogP contribution in [0.1, 0.15) is 36.2 Å². The third-order valence-corrected chi connectivity index (χ3v) is 5.35. The predicted octanol–water partition coefficient (Wildman–Crippen LogP) is 2.41. The largest absolute Gasteiger partial charge is 0.354 e. The Morgan fingerprint density at radius 3 is 2.69 bits per heavy atom. The standard InChI is InChI=1S/C19H27N5OS/c1-14(2)19-21-15(3)11-17(22-19)24-8-6-23(7-9-24)13-18(25)20-12-16-5-4-10-26-16/h4-5,10-11,14H,6-9,12-13H2,1-3H3,(H,20,25). The van der Waals surface area contributed by atoms with Crippen LogP contribution >= 0.6 is 11.3 Å². The van der Waals surface area contributed by atoms with Gasteiger partial charge >= 0.3 is 0 Å². The van der Waals surface area contributed by atoms with Crippen LogP contribution in [0.5, 0.6) is 0 Å². The molecule has 0 spiro atoms. The molecule has 1 N–H and O–H groups in total. The molecule has 2 aromatic rings. The number of nitrogens with one attached hydrogen (secondary N) is 1. The van der Waals surface area contributed by atoms with Crippen LogP contribution in [0.25, 0.3) is 0 Å². The third kappa shape index (κ3) is 5.02. The maximum Gasteiger partial charge on any atom is 0.234 e. The number of hydrogen-bond acceptors (Lipinski definition) is 6. The van der Waals surface area contributed by atoms with Crippen LogP contribution in [0.2, 0.25) is 0 Å². The third-order valence-electron chi connectivity index (χ3n) is 4.48. The summed E-state index contributed by atoms with van der Waals surface area (Å²) in [5, 5.41) is 5.03. The zero-order valence-electron chi connectivity index (χ0n) is 15.7. The molecule has 3 rings (SSSR count). The minimum Gasteiger partial charge on any atom is -0.354 e. The fourth-order valence-electron chi connectivity index (χ4n) is 2.99. The minimum atomic E-state index is 0.0897. The van der Waals surface area contributed by atoms with E-state index in [1.807, 2.05) is 24.4 Å². The van der Waals surface area contributed by atoms with Crippen molar-refractivity contribution < 1.29 is 4.79 Å². The van der Waals surface area contributed by atoms with Crippen molar-refractivity contribution in [1.82, 2.24) is 20.2 Å². The number of hydrogen-bond donors (Lipinski definition) is 1. The van der Waals surface area contributed by atoms with Crippen molar-refractivity contribution in [1.29, 1.82) is 0 Å². The lowest BCUT2D eigenvalue weighted by atomic mass is 10.2. The summed E-state index contributed by atoms with van der Waals surface area (Å²) >= 11 is 1.67. The Balaban J connectivity index is 1.49. The van der Waals surface area contributed by atoms with Crippen molar-refractivity contribution in [3.8, 4) is 0 Å². The molecule has 26 heavy (non-hydrogen) atoms. The van der Waals surface area contributed by atoms with Crippen molar-refractivity contribution in [2.24, 2.45) is 0 Å².